The fourth-order valence-corrected chi connectivity index (χ4v) is 1.83. The molecule has 0 atom stereocenters. The molecule has 0 fully saturated rings. The largest absolute Gasteiger partial charge is 0.488 e. The van der Waals surface area contributed by atoms with E-state index in [9.17, 15) is 0 Å². The molecular weight excluding hydrogens is 278 g/mol. The predicted octanol–water partition coefficient (Wildman–Crippen LogP) is 3.90. The van der Waals surface area contributed by atoms with E-state index in [2.05, 4.69) is 53.8 Å². The standard InChI is InChI=1S/C14H20BrNO/c1-10(2)9-17-14-6-5-12(7-13(14)15)8-16-11(3)4/h5-7,11,16H,1,8-9H2,2-4H3. The number of rotatable bonds is 6. The number of ether oxygens (including phenoxy) is 1. The molecule has 0 unspecified atom stereocenters. The summed E-state index contributed by atoms with van der Waals surface area (Å²) in [5.41, 5.74) is 2.26. The van der Waals surface area contributed by atoms with Crippen molar-refractivity contribution in [1.82, 2.24) is 5.32 Å². The van der Waals surface area contributed by atoms with Gasteiger partial charge >= 0.3 is 0 Å². The first kappa shape index (κ1) is 14.3. The van der Waals surface area contributed by atoms with Gasteiger partial charge in [0.15, 0.2) is 0 Å². The summed E-state index contributed by atoms with van der Waals surface area (Å²) in [6.07, 6.45) is 0. The van der Waals surface area contributed by atoms with Crippen molar-refractivity contribution < 1.29 is 4.74 Å². The maximum atomic E-state index is 5.61. The van der Waals surface area contributed by atoms with Crippen LogP contribution in [0, 0.1) is 0 Å². The molecule has 0 aliphatic carbocycles. The molecule has 2 nitrogen and oxygen atoms in total. The Morgan fingerprint density at radius 2 is 2.18 bits per heavy atom. The van der Waals surface area contributed by atoms with Crippen LogP contribution in [0.3, 0.4) is 0 Å². The molecule has 0 aliphatic rings. The van der Waals surface area contributed by atoms with Gasteiger partial charge in [-0.1, -0.05) is 26.5 Å². The molecule has 17 heavy (non-hydrogen) atoms. The highest BCUT2D eigenvalue weighted by Crippen LogP contribution is 2.26. The molecule has 1 aromatic carbocycles. The molecule has 1 rings (SSSR count). The fourth-order valence-electron chi connectivity index (χ4n) is 1.29. The zero-order valence-corrected chi connectivity index (χ0v) is 12.3. The Balaban J connectivity index is 2.62. The van der Waals surface area contributed by atoms with Gasteiger partial charge in [0.25, 0.3) is 0 Å². The van der Waals surface area contributed by atoms with Gasteiger partial charge < -0.3 is 10.1 Å². The second kappa shape index (κ2) is 6.82. The smallest absolute Gasteiger partial charge is 0.133 e. The first-order valence-electron chi connectivity index (χ1n) is 5.78. The summed E-state index contributed by atoms with van der Waals surface area (Å²) in [4.78, 5) is 0. The van der Waals surface area contributed by atoms with E-state index in [1.54, 1.807) is 0 Å². The number of hydrogen-bond donors (Lipinski definition) is 1. The normalized spacial score (nSPS) is 10.6. The second-order valence-corrected chi connectivity index (χ2v) is 5.40. The first-order chi connectivity index (χ1) is 7.99. The molecule has 1 aromatic rings. The van der Waals surface area contributed by atoms with Crippen LogP contribution in [0.4, 0.5) is 0 Å². The van der Waals surface area contributed by atoms with Gasteiger partial charge in [-0.15, -0.1) is 0 Å². The van der Waals surface area contributed by atoms with Crippen LogP contribution in [-0.2, 0) is 6.54 Å². The van der Waals surface area contributed by atoms with Crippen LogP contribution in [0.25, 0.3) is 0 Å². The van der Waals surface area contributed by atoms with Crippen LogP contribution >= 0.6 is 15.9 Å². The van der Waals surface area contributed by atoms with Gasteiger partial charge in [0.2, 0.25) is 0 Å². The van der Waals surface area contributed by atoms with Gasteiger partial charge in [-0.3, -0.25) is 0 Å². The Labute approximate surface area is 112 Å². The van der Waals surface area contributed by atoms with E-state index in [1.807, 2.05) is 13.0 Å². The minimum absolute atomic E-state index is 0.494. The predicted molar refractivity (Wildman–Crippen MR) is 76.4 cm³/mol. The van der Waals surface area contributed by atoms with Crippen LogP contribution < -0.4 is 10.1 Å². The highest BCUT2D eigenvalue weighted by atomic mass is 79.9. The minimum Gasteiger partial charge on any atom is -0.488 e. The number of halogens is 1. The number of benzene rings is 1. The molecular formula is C14H20BrNO. The monoisotopic (exact) mass is 297 g/mol. The van der Waals surface area contributed by atoms with E-state index in [0.717, 1.165) is 22.3 Å². The summed E-state index contributed by atoms with van der Waals surface area (Å²) in [5.74, 6) is 0.862. The summed E-state index contributed by atoms with van der Waals surface area (Å²) >= 11 is 3.52. The second-order valence-electron chi connectivity index (χ2n) is 4.55. The molecule has 0 saturated carbocycles. The Bertz CT molecular complexity index is 388. The van der Waals surface area contributed by atoms with Crippen molar-refractivity contribution in [2.75, 3.05) is 6.61 Å². The van der Waals surface area contributed by atoms with E-state index in [-0.39, 0.29) is 0 Å². The molecule has 3 heteroatoms. The van der Waals surface area contributed by atoms with Gasteiger partial charge in [-0.25, -0.2) is 0 Å². The Hall–Kier alpha value is -0.800. The average Bonchev–Trinajstić information content (AvgIpc) is 2.24. The third kappa shape index (κ3) is 5.37. The lowest BCUT2D eigenvalue weighted by Crippen LogP contribution is -2.21. The summed E-state index contributed by atoms with van der Waals surface area (Å²) in [7, 11) is 0. The van der Waals surface area contributed by atoms with Crippen molar-refractivity contribution in [2.24, 2.45) is 0 Å². The van der Waals surface area contributed by atoms with Gasteiger partial charge in [0.1, 0.15) is 12.4 Å². The third-order valence-electron chi connectivity index (χ3n) is 2.18. The van der Waals surface area contributed by atoms with Gasteiger partial charge in [0, 0.05) is 12.6 Å². The molecule has 1 N–H and O–H groups in total. The lowest BCUT2D eigenvalue weighted by atomic mass is 10.2. The van der Waals surface area contributed by atoms with Crippen molar-refractivity contribution >= 4 is 15.9 Å². The maximum absolute atomic E-state index is 5.61. The molecule has 0 saturated heterocycles. The van der Waals surface area contributed by atoms with Crippen LogP contribution in [-0.4, -0.2) is 12.6 Å². The van der Waals surface area contributed by atoms with E-state index in [1.165, 1.54) is 5.56 Å². The summed E-state index contributed by atoms with van der Waals surface area (Å²) in [5, 5.41) is 3.38. The molecule has 0 radical (unpaired) electrons. The van der Waals surface area contributed by atoms with E-state index in [0.29, 0.717) is 12.6 Å². The molecule has 94 valence electrons. The highest BCUT2D eigenvalue weighted by molar-refractivity contribution is 9.10. The fraction of sp³-hybridized carbons (Fsp3) is 0.429. The highest BCUT2D eigenvalue weighted by Gasteiger charge is 2.03. The SMILES string of the molecule is C=C(C)COc1ccc(CNC(C)C)cc1Br. The summed E-state index contributed by atoms with van der Waals surface area (Å²) in [6, 6.07) is 6.65. The van der Waals surface area contributed by atoms with Crippen molar-refractivity contribution in [2.45, 2.75) is 33.4 Å². The molecule has 0 bridgehead atoms. The zero-order valence-electron chi connectivity index (χ0n) is 10.7. The Morgan fingerprint density at radius 1 is 1.47 bits per heavy atom. The van der Waals surface area contributed by atoms with Crippen LogP contribution in [0.15, 0.2) is 34.8 Å². The van der Waals surface area contributed by atoms with Crippen LogP contribution in [0.2, 0.25) is 0 Å². The van der Waals surface area contributed by atoms with Crippen molar-refractivity contribution in [3.05, 3.63) is 40.4 Å². The lowest BCUT2D eigenvalue weighted by Gasteiger charge is -2.11. The summed E-state index contributed by atoms with van der Waals surface area (Å²) in [6.45, 7) is 11.5. The lowest BCUT2D eigenvalue weighted by molar-refractivity contribution is 0.350. The molecule has 0 amide bonds. The topological polar surface area (TPSA) is 21.3 Å². The average molecular weight is 298 g/mol. The van der Waals surface area contributed by atoms with Gasteiger partial charge in [-0.05, 0) is 46.1 Å². The van der Waals surface area contributed by atoms with E-state index in [4.69, 9.17) is 4.74 Å². The molecule has 0 aromatic heterocycles. The molecule has 0 heterocycles. The Kier molecular flexibility index (Phi) is 5.72. The Morgan fingerprint density at radius 3 is 2.71 bits per heavy atom. The maximum Gasteiger partial charge on any atom is 0.133 e. The quantitative estimate of drug-likeness (QED) is 0.804. The number of hydrogen-bond acceptors (Lipinski definition) is 2. The van der Waals surface area contributed by atoms with Crippen molar-refractivity contribution in [3.8, 4) is 5.75 Å². The van der Waals surface area contributed by atoms with Crippen LogP contribution in [0.1, 0.15) is 26.3 Å². The van der Waals surface area contributed by atoms with E-state index >= 15 is 0 Å². The van der Waals surface area contributed by atoms with Gasteiger partial charge in [0.05, 0.1) is 4.47 Å². The van der Waals surface area contributed by atoms with Crippen LogP contribution in [0.5, 0.6) is 5.75 Å². The zero-order chi connectivity index (χ0) is 12.8. The molecule has 0 aliphatic heterocycles. The summed E-state index contributed by atoms with van der Waals surface area (Å²) < 4.78 is 6.60. The van der Waals surface area contributed by atoms with Gasteiger partial charge in [-0.2, -0.15) is 0 Å². The number of nitrogens with one attached hydrogen (secondary N) is 1. The first-order valence-corrected chi connectivity index (χ1v) is 6.57. The van der Waals surface area contributed by atoms with Crippen molar-refractivity contribution in [3.63, 3.8) is 0 Å². The van der Waals surface area contributed by atoms with E-state index < -0.39 is 0 Å². The minimum atomic E-state index is 0.494. The van der Waals surface area contributed by atoms with Crippen molar-refractivity contribution in [1.29, 1.82) is 0 Å². The third-order valence-corrected chi connectivity index (χ3v) is 2.80. The molecule has 0 spiro atoms.